The number of nitro groups is 1. The van der Waals surface area contributed by atoms with E-state index in [-0.39, 0.29) is 5.69 Å². The summed E-state index contributed by atoms with van der Waals surface area (Å²) in [4.78, 5) is 21.3. The van der Waals surface area contributed by atoms with Crippen molar-refractivity contribution in [2.45, 2.75) is 13.3 Å². The molecule has 0 amide bonds. The molecule has 5 heteroatoms. The third-order valence-corrected chi connectivity index (χ3v) is 2.30. The zero-order valence-corrected chi connectivity index (χ0v) is 9.67. The van der Waals surface area contributed by atoms with E-state index in [2.05, 4.69) is 4.74 Å². The Morgan fingerprint density at radius 1 is 1.53 bits per heavy atom. The smallest absolute Gasteiger partial charge is 0.330 e. The zero-order valence-electron chi connectivity index (χ0n) is 9.67. The van der Waals surface area contributed by atoms with Crippen molar-refractivity contribution >= 4 is 17.2 Å². The van der Waals surface area contributed by atoms with Crippen LogP contribution in [0.25, 0.3) is 5.57 Å². The Morgan fingerprint density at radius 2 is 2.24 bits per heavy atom. The third kappa shape index (κ3) is 3.41. The molecule has 0 aliphatic carbocycles. The van der Waals surface area contributed by atoms with Crippen LogP contribution in [0.4, 0.5) is 5.69 Å². The van der Waals surface area contributed by atoms with Gasteiger partial charge in [0.15, 0.2) is 0 Å². The van der Waals surface area contributed by atoms with Crippen molar-refractivity contribution < 1.29 is 14.5 Å². The molecule has 0 aliphatic rings. The number of allylic oxidation sites excluding steroid dienone is 1. The Balaban J connectivity index is 3.12. The van der Waals surface area contributed by atoms with Crippen LogP contribution in [0.3, 0.4) is 0 Å². The summed E-state index contributed by atoms with van der Waals surface area (Å²) in [5.41, 5.74) is 1.37. The zero-order chi connectivity index (χ0) is 12.8. The van der Waals surface area contributed by atoms with Gasteiger partial charge in [-0.05, 0) is 17.6 Å². The summed E-state index contributed by atoms with van der Waals surface area (Å²) >= 11 is 0. The fraction of sp³-hybridized carbons (Fsp3) is 0.250. The summed E-state index contributed by atoms with van der Waals surface area (Å²) in [6, 6.07) is 6.17. The fourth-order valence-corrected chi connectivity index (χ4v) is 1.41. The summed E-state index contributed by atoms with van der Waals surface area (Å²) in [5, 5.41) is 10.6. The van der Waals surface area contributed by atoms with E-state index < -0.39 is 10.9 Å². The van der Waals surface area contributed by atoms with Gasteiger partial charge in [-0.25, -0.2) is 4.79 Å². The minimum absolute atomic E-state index is 0.00622. The number of esters is 1. The molecule has 0 aromatic heterocycles. The van der Waals surface area contributed by atoms with Crippen molar-refractivity contribution in [3.05, 3.63) is 46.0 Å². The molecular formula is C12H13NO4. The van der Waals surface area contributed by atoms with E-state index in [1.165, 1.54) is 25.3 Å². The van der Waals surface area contributed by atoms with Gasteiger partial charge in [0.2, 0.25) is 0 Å². The van der Waals surface area contributed by atoms with E-state index >= 15 is 0 Å². The second-order valence-electron chi connectivity index (χ2n) is 3.35. The maximum Gasteiger partial charge on any atom is 0.330 e. The van der Waals surface area contributed by atoms with Crippen molar-refractivity contribution in [1.29, 1.82) is 0 Å². The second-order valence-corrected chi connectivity index (χ2v) is 3.35. The quantitative estimate of drug-likeness (QED) is 0.348. The number of hydrogen-bond donors (Lipinski definition) is 0. The lowest BCUT2D eigenvalue weighted by Crippen LogP contribution is -1.97. The van der Waals surface area contributed by atoms with E-state index in [0.717, 1.165) is 0 Å². The molecule has 90 valence electrons. The van der Waals surface area contributed by atoms with E-state index in [1.807, 2.05) is 6.92 Å². The number of non-ortho nitro benzene ring substituents is 1. The fourth-order valence-electron chi connectivity index (χ4n) is 1.41. The monoisotopic (exact) mass is 235 g/mol. The van der Waals surface area contributed by atoms with Gasteiger partial charge in [-0.15, -0.1) is 0 Å². The molecule has 0 fully saturated rings. The molecule has 0 bridgehead atoms. The van der Waals surface area contributed by atoms with Crippen LogP contribution in [0.15, 0.2) is 30.3 Å². The van der Waals surface area contributed by atoms with Gasteiger partial charge in [-0.2, -0.15) is 0 Å². The maximum absolute atomic E-state index is 11.1. The summed E-state index contributed by atoms with van der Waals surface area (Å²) in [6.45, 7) is 1.87. The predicted molar refractivity (Wildman–Crippen MR) is 63.4 cm³/mol. The number of rotatable bonds is 4. The number of hydrogen-bond acceptors (Lipinski definition) is 4. The molecule has 5 nitrogen and oxygen atoms in total. The second kappa shape index (κ2) is 5.79. The highest BCUT2D eigenvalue weighted by Crippen LogP contribution is 2.22. The van der Waals surface area contributed by atoms with Gasteiger partial charge in [0, 0.05) is 18.2 Å². The number of benzene rings is 1. The first-order chi connectivity index (χ1) is 8.08. The lowest BCUT2D eigenvalue weighted by atomic mass is 10.0. The third-order valence-electron chi connectivity index (χ3n) is 2.30. The first-order valence-corrected chi connectivity index (χ1v) is 5.11. The normalized spacial score (nSPS) is 11.1. The number of nitro benzene ring substituents is 1. The highest BCUT2D eigenvalue weighted by atomic mass is 16.6. The van der Waals surface area contributed by atoms with Crippen LogP contribution in [0.1, 0.15) is 18.9 Å². The van der Waals surface area contributed by atoms with E-state index in [0.29, 0.717) is 17.6 Å². The number of methoxy groups -OCH3 is 1. The highest BCUT2D eigenvalue weighted by Gasteiger charge is 2.09. The van der Waals surface area contributed by atoms with Gasteiger partial charge in [0.05, 0.1) is 12.0 Å². The molecule has 1 aromatic carbocycles. The topological polar surface area (TPSA) is 69.4 Å². The molecule has 0 heterocycles. The number of carbonyl (C=O) groups excluding carboxylic acids is 1. The van der Waals surface area contributed by atoms with Crippen molar-refractivity contribution in [3.63, 3.8) is 0 Å². The van der Waals surface area contributed by atoms with Gasteiger partial charge in [0.1, 0.15) is 0 Å². The maximum atomic E-state index is 11.1. The number of ether oxygens (including phenoxy) is 1. The molecule has 0 saturated carbocycles. The van der Waals surface area contributed by atoms with Crippen molar-refractivity contribution in [1.82, 2.24) is 0 Å². The van der Waals surface area contributed by atoms with Gasteiger partial charge < -0.3 is 4.74 Å². The number of carbonyl (C=O) groups is 1. The first kappa shape index (κ1) is 12.9. The summed E-state index contributed by atoms with van der Waals surface area (Å²) < 4.78 is 4.53. The van der Waals surface area contributed by atoms with Gasteiger partial charge in [-0.1, -0.05) is 19.1 Å². The standard InChI is InChI=1S/C12H13NO4/c1-3-9(8-12(14)17-2)10-5-4-6-11(7-10)13(15)16/h4-8H,3H2,1-2H3/b9-8-. The Labute approximate surface area is 98.9 Å². The van der Waals surface area contributed by atoms with Gasteiger partial charge in [-0.3, -0.25) is 10.1 Å². The Bertz CT molecular complexity index is 465. The lowest BCUT2D eigenvalue weighted by Gasteiger charge is -2.04. The molecule has 0 unspecified atom stereocenters. The van der Waals surface area contributed by atoms with Crippen LogP contribution in [0.5, 0.6) is 0 Å². The molecule has 0 N–H and O–H groups in total. The molecule has 0 spiro atoms. The molecule has 17 heavy (non-hydrogen) atoms. The summed E-state index contributed by atoms with van der Waals surface area (Å²) in [6.07, 6.45) is 1.94. The van der Waals surface area contributed by atoms with Crippen LogP contribution in [0.2, 0.25) is 0 Å². The van der Waals surface area contributed by atoms with Crippen molar-refractivity contribution in [3.8, 4) is 0 Å². The molecular weight excluding hydrogens is 222 g/mol. The number of nitrogens with zero attached hydrogens (tertiary/aromatic N) is 1. The van der Waals surface area contributed by atoms with Crippen LogP contribution < -0.4 is 0 Å². The van der Waals surface area contributed by atoms with E-state index in [9.17, 15) is 14.9 Å². The van der Waals surface area contributed by atoms with Crippen LogP contribution in [-0.2, 0) is 9.53 Å². The molecule has 0 radical (unpaired) electrons. The van der Waals surface area contributed by atoms with E-state index in [4.69, 9.17) is 0 Å². The molecule has 0 saturated heterocycles. The molecule has 1 aromatic rings. The summed E-state index contributed by atoms with van der Waals surface area (Å²) in [5.74, 6) is -0.464. The van der Waals surface area contributed by atoms with Crippen LogP contribution in [-0.4, -0.2) is 18.0 Å². The SMILES string of the molecule is CC/C(=C/C(=O)OC)c1cccc([N+](=O)[O-])c1. The average molecular weight is 235 g/mol. The predicted octanol–water partition coefficient (Wildman–Crippen LogP) is 2.56. The lowest BCUT2D eigenvalue weighted by molar-refractivity contribution is -0.384. The van der Waals surface area contributed by atoms with E-state index in [1.54, 1.807) is 12.1 Å². The van der Waals surface area contributed by atoms with Gasteiger partial charge >= 0.3 is 5.97 Å². The van der Waals surface area contributed by atoms with Crippen LogP contribution >= 0.6 is 0 Å². The Kier molecular flexibility index (Phi) is 4.39. The molecule has 0 atom stereocenters. The Morgan fingerprint density at radius 3 is 2.76 bits per heavy atom. The highest BCUT2D eigenvalue weighted by molar-refractivity contribution is 5.91. The Hall–Kier alpha value is -2.17. The van der Waals surface area contributed by atoms with Gasteiger partial charge in [0.25, 0.3) is 5.69 Å². The minimum atomic E-state index is -0.464. The largest absolute Gasteiger partial charge is 0.466 e. The van der Waals surface area contributed by atoms with Crippen molar-refractivity contribution in [2.24, 2.45) is 0 Å². The summed E-state index contributed by atoms with van der Waals surface area (Å²) in [7, 11) is 1.29. The van der Waals surface area contributed by atoms with Crippen molar-refractivity contribution in [2.75, 3.05) is 7.11 Å². The minimum Gasteiger partial charge on any atom is -0.466 e. The van der Waals surface area contributed by atoms with Crippen LogP contribution in [0, 0.1) is 10.1 Å². The first-order valence-electron chi connectivity index (χ1n) is 5.11. The average Bonchev–Trinajstić information content (AvgIpc) is 2.35. The molecule has 0 aliphatic heterocycles. The molecule has 1 rings (SSSR count).